The maximum absolute atomic E-state index is 11.8. The van der Waals surface area contributed by atoms with E-state index in [2.05, 4.69) is 9.84 Å². The smallest absolute Gasteiger partial charge is 0.372 e. The van der Waals surface area contributed by atoms with Gasteiger partial charge in [-0.3, -0.25) is 9.48 Å². The predicted molar refractivity (Wildman–Crippen MR) is 62.8 cm³/mol. The molecule has 1 rings (SSSR count). The SMILES string of the molecule is CCc1cc(CC(=O)CCOCC(F)(F)F)n(C)n1. The first-order valence-corrected chi connectivity index (χ1v) is 6.00. The number of ether oxygens (including phenoxy) is 1. The van der Waals surface area contributed by atoms with E-state index in [4.69, 9.17) is 0 Å². The lowest BCUT2D eigenvalue weighted by Gasteiger charge is -2.07. The summed E-state index contributed by atoms with van der Waals surface area (Å²) in [5, 5.41) is 4.20. The van der Waals surface area contributed by atoms with E-state index < -0.39 is 12.8 Å². The first kappa shape index (κ1) is 15.7. The number of ketones is 1. The van der Waals surface area contributed by atoms with Crippen molar-refractivity contribution in [3.05, 3.63) is 17.5 Å². The summed E-state index contributed by atoms with van der Waals surface area (Å²) in [5.41, 5.74) is 1.65. The van der Waals surface area contributed by atoms with Gasteiger partial charge in [-0.1, -0.05) is 6.92 Å². The molecule has 0 aliphatic carbocycles. The van der Waals surface area contributed by atoms with Crippen LogP contribution in [-0.4, -0.2) is 35.0 Å². The summed E-state index contributed by atoms with van der Waals surface area (Å²) in [5.74, 6) is -0.159. The van der Waals surface area contributed by atoms with E-state index >= 15 is 0 Å². The van der Waals surface area contributed by atoms with Crippen molar-refractivity contribution in [2.24, 2.45) is 7.05 Å². The molecule has 1 aromatic heterocycles. The van der Waals surface area contributed by atoms with Crippen molar-refractivity contribution in [3.8, 4) is 0 Å². The van der Waals surface area contributed by atoms with Crippen LogP contribution in [0.4, 0.5) is 13.2 Å². The number of hydrogen-bond donors (Lipinski definition) is 0. The Morgan fingerprint density at radius 3 is 2.68 bits per heavy atom. The fraction of sp³-hybridized carbons (Fsp3) is 0.667. The molecule has 1 heterocycles. The second-order valence-electron chi connectivity index (χ2n) is 4.24. The Bertz CT molecular complexity index is 427. The molecule has 19 heavy (non-hydrogen) atoms. The van der Waals surface area contributed by atoms with Crippen LogP contribution in [0.3, 0.4) is 0 Å². The monoisotopic (exact) mass is 278 g/mol. The Balaban J connectivity index is 2.33. The highest BCUT2D eigenvalue weighted by molar-refractivity contribution is 5.80. The average molecular weight is 278 g/mol. The van der Waals surface area contributed by atoms with E-state index in [1.165, 1.54) is 0 Å². The van der Waals surface area contributed by atoms with E-state index in [1.807, 2.05) is 13.0 Å². The quantitative estimate of drug-likeness (QED) is 0.717. The molecule has 7 heteroatoms. The highest BCUT2D eigenvalue weighted by atomic mass is 19.4. The molecule has 0 atom stereocenters. The summed E-state index contributed by atoms with van der Waals surface area (Å²) in [4.78, 5) is 11.6. The highest BCUT2D eigenvalue weighted by Gasteiger charge is 2.27. The Labute approximate surface area is 109 Å². The van der Waals surface area contributed by atoms with Gasteiger partial charge >= 0.3 is 6.18 Å². The molecule has 0 saturated carbocycles. The van der Waals surface area contributed by atoms with Gasteiger partial charge in [0, 0.05) is 25.6 Å². The van der Waals surface area contributed by atoms with Crippen LogP contribution < -0.4 is 0 Å². The number of carbonyl (C=O) groups is 1. The third kappa shape index (κ3) is 5.87. The molecule has 1 aromatic rings. The molecule has 0 aromatic carbocycles. The van der Waals surface area contributed by atoms with Crippen molar-refractivity contribution >= 4 is 5.78 Å². The summed E-state index contributed by atoms with van der Waals surface area (Å²) in [6.07, 6.45) is -3.43. The van der Waals surface area contributed by atoms with E-state index in [0.717, 1.165) is 17.8 Å². The van der Waals surface area contributed by atoms with Crippen LogP contribution >= 0.6 is 0 Å². The molecular weight excluding hydrogens is 261 g/mol. The first-order valence-electron chi connectivity index (χ1n) is 6.00. The Morgan fingerprint density at radius 1 is 1.47 bits per heavy atom. The first-order chi connectivity index (χ1) is 8.81. The molecule has 4 nitrogen and oxygen atoms in total. The third-order valence-electron chi connectivity index (χ3n) is 2.56. The summed E-state index contributed by atoms with van der Waals surface area (Å²) in [6, 6.07) is 1.83. The third-order valence-corrected chi connectivity index (χ3v) is 2.56. The topological polar surface area (TPSA) is 44.1 Å². The number of aromatic nitrogens is 2. The van der Waals surface area contributed by atoms with Gasteiger partial charge in [-0.2, -0.15) is 18.3 Å². The lowest BCUT2D eigenvalue weighted by Crippen LogP contribution is -2.18. The second-order valence-corrected chi connectivity index (χ2v) is 4.24. The molecule has 0 fully saturated rings. The van der Waals surface area contributed by atoms with E-state index in [1.54, 1.807) is 11.7 Å². The molecule has 0 spiro atoms. The Kier molecular flexibility index (Phi) is 5.53. The number of nitrogens with zero attached hydrogens (tertiary/aromatic N) is 2. The summed E-state index contributed by atoms with van der Waals surface area (Å²) < 4.78 is 41.4. The highest BCUT2D eigenvalue weighted by Crippen LogP contribution is 2.14. The van der Waals surface area contributed by atoms with Gasteiger partial charge in [-0.25, -0.2) is 0 Å². The number of hydrogen-bond acceptors (Lipinski definition) is 3. The normalized spacial score (nSPS) is 11.8. The van der Waals surface area contributed by atoms with E-state index in [9.17, 15) is 18.0 Å². The predicted octanol–water partition coefficient (Wildman–Crippen LogP) is 2.06. The summed E-state index contributed by atoms with van der Waals surface area (Å²) >= 11 is 0. The van der Waals surface area contributed by atoms with Gasteiger partial charge in [0.25, 0.3) is 0 Å². The largest absolute Gasteiger partial charge is 0.411 e. The van der Waals surface area contributed by atoms with E-state index in [-0.39, 0.29) is 25.2 Å². The van der Waals surface area contributed by atoms with Crippen molar-refractivity contribution in [2.45, 2.75) is 32.4 Å². The number of aryl methyl sites for hydroxylation is 2. The Morgan fingerprint density at radius 2 is 2.16 bits per heavy atom. The second kappa shape index (κ2) is 6.70. The molecule has 0 N–H and O–H groups in total. The summed E-state index contributed by atoms with van der Waals surface area (Å²) in [7, 11) is 1.74. The minimum Gasteiger partial charge on any atom is -0.372 e. The number of rotatable bonds is 7. The van der Waals surface area contributed by atoms with Gasteiger partial charge in [-0.15, -0.1) is 0 Å². The van der Waals surface area contributed by atoms with Crippen molar-refractivity contribution < 1.29 is 22.7 Å². The van der Waals surface area contributed by atoms with Crippen LogP contribution in [0, 0.1) is 0 Å². The molecule has 108 valence electrons. The molecule has 0 bridgehead atoms. The van der Waals surface area contributed by atoms with Crippen molar-refractivity contribution in [1.29, 1.82) is 0 Å². The van der Waals surface area contributed by atoms with Gasteiger partial charge in [0.2, 0.25) is 0 Å². The number of carbonyl (C=O) groups excluding carboxylic acids is 1. The molecule has 0 radical (unpaired) electrons. The van der Waals surface area contributed by atoms with Gasteiger partial charge in [0.15, 0.2) is 0 Å². The van der Waals surface area contributed by atoms with Crippen LogP contribution in [0.25, 0.3) is 0 Å². The van der Waals surface area contributed by atoms with Crippen LogP contribution in [-0.2, 0) is 29.4 Å². The summed E-state index contributed by atoms with van der Waals surface area (Å²) in [6.45, 7) is 0.432. The van der Waals surface area contributed by atoms with Crippen molar-refractivity contribution in [2.75, 3.05) is 13.2 Å². The van der Waals surface area contributed by atoms with Crippen molar-refractivity contribution in [3.63, 3.8) is 0 Å². The molecule has 0 aliphatic heterocycles. The van der Waals surface area contributed by atoms with Gasteiger partial charge in [0.1, 0.15) is 12.4 Å². The number of halogens is 3. The standard InChI is InChI=1S/C12H17F3N2O2/c1-3-9-6-10(17(2)16-9)7-11(18)4-5-19-8-12(13,14)15/h6H,3-5,7-8H2,1-2H3. The fourth-order valence-corrected chi connectivity index (χ4v) is 1.57. The zero-order valence-electron chi connectivity index (χ0n) is 11.0. The lowest BCUT2D eigenvalue weighted by molar-refractivity contribution is -0.174. The minimum absolute atomic E-state index is 0.0251. The number of Topliss-reactive ketones (excluding diaryl/α,β-unsaturated/α-hetero) is 1. The fourth-order valence-electron chi connectivity index (χ4n) is 1.57. The molecule has 0 unspecified atom stereocenters. The van der Waals surface area contributed by atoms with Gasteiger partial charge in [-0.05, 0) is 12.5 Å². The molecular formula is C12H17F3N2O2. The lowest BCUT2D eigenvalue weighted by atomic mass is 10.1. The Hall–Kier alpha value is -1.37. The van der Waals surface area contributed by atoms with Crippen LogP contribution in [0.1, 0.15) is 24.7 Å². The maximum atomic E-state index is 11.8. The zero-order valence-corrected chi connectivity index (χ0v) is 11.0. The van der Waals surface area contributed by atoms with Crippen LogP contribution in [0.15, 0.2) is 6.07 Å². The molecule has 0 saturated heterocycles. The van der Waals surface area contributed by atoms with Gasteiger partial charge < -0.3 is 4.74 Å². The van der Waals surface area contributed by atoms with Crippen LogP contribution in [0.5, 0.6) is 0 Å². The zero-order chi connectivity index (χ0) is 14.5. The van der Waals surface area contributed by atoms with E-state index in [0.29, 0.717) is 0 Å². The maximum Gasteiger partial charge on any atom is 0.411 e. The number of alkyl halides is 3. The molecule has 0 aliphatic rings. The average Bonchev–Trinajstić information content (AvgIpc) is 2.65. The van der Waals surface area contributed by atoms with Crippen LogP contribution in [0.2, 0.25) is 0 Å². The van der Waals surface area contributed by atoms with Gasteiger partial charge in [0.05, 0.1) is 12.3 Å². The molecule has 0 amide bonds. The minimum atomic E-state index is -4.35. The van der Waals surface area contributed by atoms with Crippen molar-refractivity contribution in [1.82, 2.24) is 9.78 Å².